The third kappa shape index (κ3) is 1.72. The quantitative estimate of drug-likeness (QED) is 0.659. The van der Waals surface area contributed by atoms with Crippen LogP contribution in [0.25, 0.3) is 0 Å². The molecule has 1 spiro atoms. The van der Waals surface area contributed by atoms with Crippen molar-refractivity contribution in [2.24, 2.45) is 5.41 Å². The highest BCUT2D eigenvalue weighted by molar-refractivity contribution is 8.49. The Morgan fingerprint density at radius 2 is 2.00 bits per heavy atom. The first-order valence-electron chi connectivity index (χ1n) is 8.73. The van der Waals surface area contributed by atoms with Gasteiger partial charge < -0.3 is 19.3 Å². The SMILES string of the molecule is CN1C(=O)C23C[C@@](C)(C#N)[C@H](c4ccc5c(c4)OCO5)N2C(=O)[C@]1(C)[S@]3=S=S. The van der Waals surface area contributed by atoms with Gasteiger partial charge in [-0.3, -0.25) is 9.59 Å². The van der Waals surface area contributed by atoms with Crippen LogP contribution in [0.15, 0.2) is 18.2 Å². The zero-order valence-electron chi connectivity index (χ0n) is 15.4. The molecular weight excluding hydrogens is 418 g/mol. The van der Waals surface area contributed by atoms with Crippen LogP contribution < -0.4 is 9.47 Å². The van der Waals surface area contributed by atoms with E-state index in [1.807, 2.05) is 19.1 Å². The number of carbonyl (C=O) groups is 2. The van der Waals surface area contributed by atoms with E-state index in [1.54, 1.807) is 24.9 Å². The fourth-order valence-corrected chi connectivity index (χ4v) is 11.8. The molecule has 0 aromatic heterocycles. The van der Waals surface area contributed by atoms with Gasteiger partial charge in [0, 0.05) is 13.5 Å². The number of amides is 2. The largest absolute Gasteiger partial charge is 0.454 e. The monoisotopic (exact) mass is 435 g/mol. The first-order chi connectivity index (χ1) is 13.3. The molecule has 0 saturated carbocycles. The third-order valence-electron chi connectivity index (χ3n) is 6.46. The lowest BCUT2D eigenvalue weighted by Crippen LogP contribution is -2.60. The smallest absolute Gasteiger partial charge is 0.261 e. The molecule has 1 aromatic rings. The van der Waals surface area contributed by atoms with Gasteiger partial charge in [-0.25, -0.2) is 0 Å². The Hall–Kier alpha value is -1.96. The minimum absolute atomic E-state index is 0.125. The van der Waals surface area contributed by atoms with Crippen molar-refractivity contribution in [1.82, 2.24) is 9.80 Å². The fraction of sp³-hybridized carbons (Fsp3) is 0.500. The van der Waals surface area contributed by atoms with Crippen molar-refractivity contribution in [3.05, 3.63) is 23.8 Å². The van der Waals surface area contributed by atoms with Crippen LogP contribution in [-0.4, -0.2) is 45.2 Å². The molecule has 5 atom stereocenters. The molecule has 5 rings (SSSR count). The van der Waals surface area contributed by atoms with Crippen molar-refractivity contribution in [2.45, 2.75) is 36.1 Å². The Balaban J connectivity index is 1.76. The van der Waals surface area contributed by atoms with Crippen molar-refractivity contribution in [3.8, 4) is 17.6 Å². The maximum atomic E-state index is 13.6. The molecule has 1 aromatic carbocycles. The summed E-state index contributed by atoms with van der Waals surface area (Å²) < 4.78 is 10.9. The van der Waals surface area contributed by atoms with Crippen LogP contribution in [-0.2, 0) is 39.1 Å². The van der Waals surface area contributed by atoms with Crippen LogP contribution in [0, 0.1) is 16.7 Å². The lowest BCUT2D eigenvalue weighted by atomic mass is 9.79. The molecule has 2 amide bonds. The van der Waals surface area contributed by atoms with Crippen molar-refractivity contribution in [1.29, 1.82) is 5.26 Å². The van der Waals surface area contributed by atoms with Crippen molar-refractivity contribution >= 4 is 41.3 Å². The van der Waals surface area contributed by atoms with E-state index in [-0.39, 0.29) is 25.0 Å². The maximum absolute atomic E-state index is 13.6. The van der Waals surface area contributed by atoms with Crippen LogP contribution in [0.3, 0.4) is 0 Å². The molecule has 0 radical (unpaired) electrons. The number of piperazine rings is 1. The molecule has 28 heavy (non-hydrogen) atoms. The minimum atomic E-state index is -1.07. The van der Waals surface area contributed by atoms with Gasteiger partial charge in [0.2, 0.25) is 6.79 Å². The van der Waals surface area contributed by atoms with Gasteiger partial charge in [-0.1, -0.05) is 6.07 Å². The van der Waals surface area contributed by atoms with Crippen LogP contribution in [0.1, 0.15) is 31.9 Å². The van der Waals surface area contributed by atoms with Crippen molar-refractivity contribution in [3.63, 3.8) is 0 Å². The predicted octanol–water partition coefficient (Wildman–Crippen LogP) is 1.19. The summed E-state index contributed by atoms with van der Waals surface area (Å²) in [6.45, 7) is 3.76. The Morgan fingerprint density at radius 1 is 1.29 bits per heavy atom. The van der Waals surface area contributed by atoms with E-state index in [2.05, 4.69) is 6.07 Å². The van der Waals surface area contributed by atoms with Crippen molar-refractivity contribution < 1.29 is 19.1 Å². The third-order valence-corrected chi connectivity index (χ3v) is 12.3. The fourth-order valence-electron chi connectivity index (χ4n) is 5.05. The minimum Gasteiger partial charge on any atom is -0.454 e. The highest BCUT2D eigenvalue weighted by Crippen LogP contribution is 2.65. The van der Waals surface area contributed by atoms with Gasteiger partial charge in [-0.15, -0.1) is 0 Å². The van der Waals surface area contributed by atoms with Gasteiger partial charge >= 0.3 is 0 Å². The summed E-state index contributed by atoms with van der Waals surface area (Å²) in [6.07, 6.45) is 0.271. The Labute approximate surface area is 172 Å². The second-order valence-corrected chi connectivity index (χ2v) is 12.6. The van der Waals surface area contributed by atoms with Crippen LogP contribution >= 0.6 is 0 Å². The van der Waals surface area contributed by atoms with Gasteiger partial charge in [-0.2, -0.15) is 5.26 Å². The standard InChI is InChI=1S/C18H17N3O4S3/c1-16(8-19)7-18-15(23)20(3)17(2,28(18)27-26)14(22)21(18)13(16)10-4-5-11-12(6-10)25-9-24-11/h4-6,13H,7,9H2,1-3H3/t13-,16-,17-,18?,28+/m0/s1. The van der Waals surface area contributed by atoms with E-state index in [4.69, 9.17) is 20.7 Å². The normalized spacial score (nSPS) is 40.1. The number of nitriles is 1. The highest BCUT2D eigenvalue weighted by Gasteiger charge is 2.80. The number of benzene rings is 1. The van der Waals surface area contributed by atoms with E-state index < -0.39 is 30.7 Å². The van der Waals surface area contributed by atoms with Crippen LogP contribution in [0.5, 0.6) is 11.5 Å². The first-order valence-corrected chi connectivity index (χ1v) is 12.2. The zero-order valence-corrected chi connectivity index (χ0v) is 17.9. The lowest BCUT2D eigenvalue weighted by molar-refractivity contribution is -0.159. The number of hydrogen-bond donors (Lipinski definition) is 0. The van der Waals surface area contributed by atoms with Gasteiger partial charge in [0.15, 0.2) is 21.2 Å². The van der Waals surface area contributed by atoms with E-state index in [9.17, 15) is 14.9 Å². The molecule has 3 saturated heterocycles. The summed E-state index contributed by atoms with van der Waals surface area (Å²) in [6, 6.07) is 7.29. The number of ether oxygens (including phenoxy) is 2. The number of carbonyl (C=O) groups excluding carboxylic acids is 2. The molecule has 2 bridgehead atoms. The summed E-state index contributed by atoms with van der Waals surface area (Å²) >= 11 is 5.34. The number of hydrogen-bond acceptors (Lipinski definition) is 6. The topological polar surface area (TPSA) is 82.9 Å². The lowest BCUT2D eigenvalue weighted by Gasteiger charge is -2.39. The average Bonchev–Trinajstić information content (AvgIpc) is 3.34. The molecular formula is C18H17N3O4S3. The highest BCUT2D eigenvalue weighted by atomic mass is 33.1. The van der Waals surface area contributed by atoms with Gasteiger partial charge in [0.1, 0.15) is 0 Å². The number of fused-ring (bicyclic) bond motifs is 2. The molecule has 4 heterocycles. The Kier molecular flexibility index (Phi) is 3.45. The first kappa shape index (κ1) is 18.1. The van der Waals surface area contributed by atoms with Crippen LogP contribution in [0.4, 0.5) is 0 Å². The molecule has 4 aliphatic heterocycles. The molecule has 4 aliphatic rings. The molecule has 1 unspecified atom stereocenters. The zero-order chi connectivity index (χ0) is 20.1. The molecule has 0 N–H and O–H groups in total. The number of nitrogens with zero attached hydrogens (tertiary/aromatic N) is 3. The second-order valence-electron chi connectivity index (χ2n) is 7.86. The molecule has 7 nitrogen and oxygen atoms in total. The number of rotatable bonds is 1. The van der Waals surface area contributed by atoms with Crippen molar-refractivity contribution in [2.75, 3.05) is 13.8 Å². The number of likely N-dealkylation sites (N-methyl/N-ethyl adjacent to an activating group) is 1. The van der Waals surface area contributed by atoms with Crippen LogP contribution in [0.2, 0.25) is 0 Å². The summed E-state index contributed by atoms with van der Waals surface area (Å²) in [5.41, 5.74) is -0.162. The summed E-state index contributed by atoms with van der Waals surface area (Å²) in [4.78, 5) is 28.2. The van der Waals surface area contributed by atoms with Gasteiger partial charge in [0.05, 0.1) is 17.5 Å². The summed E-state index contributed by atoms with van der Waals surface area (Å²) in [5.74, 6) is 0.951. The summed E-state index contributed by atoms with van der Waals surface area (Å²) in [5, 5.41) is 10.1. The molecule has 10 heteroatoms. The Bertz CT molecular complexity index is 1080. The predicted molar refractivity (Wildman–Crippen MR) is 106 cm³/mol. The van der Waals surface area contributed by atoms with Gasteiger partial charge in [0.25, 0.3) is 11.8 Å². The van der Waals surface area contributed by atoms with E-state index in [0.29, 0.717) is 11.5 Å². The second kappa shape index (κ2) is 5.34. The molecule has 146 valence electrons. The van der Waals surface area contributed by atoms with E-state index >= 15 is 0 Å². The maximum Gasteiger partial charge on any atom is 0.261 e. The van der Waals surface area contributed by atoms with E-state index in [0.717, 1.165) is 14.4 Å². The average molecular weight is 436 g/mol. The summed E-state index contributed by atoms with van der Waals surface area (Å²) in [7, 11) is 2.05. The molecule has 0 aliphatic carbocycles. The van der Waals surface area contributed by atoms with Gasteiger partial charge in [-0.05, 0) is 61.1 Å². The Morgan fingerprint density at radius 3 is 2.68 bits per heavy atom. The molecule has 3 fully saturated rings. The van der Waals surface area contributed by atoms with E-state index in [1.165, 1.54) is 4.90 Å².